The maximum absolute atomic E-state index is 13.2. The molecule has 0 radical (unpaired) electrons. The summed E-state index contributed by atoms with van der Waals surface area (Å²) < 4.78 is 11.3. The van der Waals surface area contributed by atoms with Crippen LogP contribution in [0.1, 0.15) is 53.1 Å². The summed E-state index contributed by atoms with van der Waals surface area (Å²) in [6.45, 7) is 3.87. The van der Waals surface area contributed by atoms with Crippen LogP contribution in [0.5, 0.6) is 11.5 Å². The van der Waals surface area contributed by atoms with Crippen LogP contribution < -0.4 is 14.8 Å². The summed E-state index contributed by atoms with van der Waals surface area (Å²) in [6, 6.07) is 13.1. The van der Waals surface area contributed by atoms with Gasteiger partial charge in [-0.05, 0) is 74.9 Å². The van der Waals surface area contributed by atoms with E-state index in [1.54, 1.807) is 30.7 Å². The Morgan fingerprint density at radius 1 is 1.18 bits per heavy atom. The van der Waals surface area contributed by atoms with Gasteiger partial charge >= 0.3 is 0 Å². The molecule has 1 amide bonds. The van der Waals surface area contributed by atoms with Crippen LogP contribution in [-0.4, -0.2) is 25.3 Å². The maximum atomic E-state index is 13.2. The normalized spacial score (nSPS) is 13.2. The number of rotatable bonds is 7. The van der Waals surface area contributed by atoms with Crippen LogP contribution in [-0.2, 0) is 12.8 Å². The molecule has 0 aliphatic heterocycles. The van der Waals surface area contributed by atoms with Crippen molar-refractivity contribution in [1.29, 1.82) is 0 Å². The van der Waals surface area contributed by atoms with Crippen LogP contribution in [0.4, 0.5) is 10.7 Å². The number of carbonyl (C=O) groups excluding carboxylic acids is 1. The Balaban J connectivity index is 1.67. The monoisotopic (exact) mass is 482 g/mol. The number of nitrogens with zero attached hydrogens (tertiary/aromatic N) is 1. The molecule has 0 atom stereocenters. The summed E-state index contributed by atoms with van der Waals surface area (Å²) >= 11 is 8.06. The minimum Gasteiger partial charge on any atom is -0.493 e. The molecule has 33 heavy (non-hydrogen) atoms. The lowest BCUT2D eigenvalue weighted by atomic mass is 9.95. The topological polar surface area (TPSA) is 59.9 Å². The second-order valence-corrected chi connectivity index (χ2v) is 9.66. The van der Waals surface area contributed by atoms with E-state index in [1.165, 1.54) is 4.88 Å². The summed E-state index contributed by atoms with van der Waals surface area (Å²) in [6.07, 6.45) is 5.81. The fourth-order valence-electron chi connectivity index (χ4n) is 3.89. The zero-order valence-electron chi connectivity index (χ0n) is 19.0. The van der Waals surface area contributed by atoms with E-state index in [0.29, 0.717) is 27.1 Å². The van der Waals surface area contributed by atoms with Gasteiger partial charge in [0.15, 0.2) is 11.5 Å². The Morgan fingerprint density at radius 3 is 2.67 bits per heavy atom. The number of anilines is 1. The molecule has 0 saturated heterocycles. The van der Waals surface area contributed by atoms with Crippen molar-refractivity contribution in [2.45, 2.75) is 45.6 Å². The number of para-hydroxylation sites is 1. The van der Waals surface area contributed by atoms with E-state index in [0.717, 1.165) is 42.5 Å². The van der Waals surface area contributed by atoms with Gasteiger partial charge in [-0.3, -0.25) is 4.79 Å². The molecule has 1 aliphatic carbocycles. The molecular weight excluding hydrogens is 456 g/mol. The van der Waals surface area contributed by atoms with E-state index >= 15 is 0 Å². The lowest BCUT2D eigenvalue weighted by Crippen LogP contribution is -2.14. The van der Waals surface area contributed by atoms with Gasteiger partial charge in [0.2, 0.25) is 0 Å². The molecule has 0 bridgehead atoms. The van der Waals surface area contributed by atoms with Crippen molar-refractivity contribution < 1.29 is 14.3 Å². The predicted octanol–water partition coefficient (Wildman–Crippen LogP) is 7.08. The molecule has 1 heterocycles. The molecule has 4 rings (SSSR count). The number of thiophene rings is 1. The molecule has 0 fully saturated rings. The fraction of sp³-hybridized carbons (Fsp3) is 0.308. The lowest BCUT2D eigenvalue weighted by molar-refractivity contribution is 0.102. The number of nitrogens with one attached hydrogen (secondary N) is 1. The summed E-state index contributed by atoms with van der Waals surface area (Å²) in [5, 5.41) is 4.19. The third kappa shape index (κ3) is 5.40. The van der Waals surface area contributed by atoms with Crippen molar-refractivity contribution >= 4 is 45.7 Å². The first-order chi connectivity index (χ1) is 16.0. The van der Waals surface area contributed by atoms with Crippen molar-refractivity contribution in [3.8, 4) is 11.5 Å². The first-order valence-corrected chi connectivity index (χ1v) is 12.2. The number of hydrogen-bond donors (Lipinski definition) is 1. The first kappa shape index (κ1) is 23.3. The van der Waals surface area contributed by atoms with E-state index in [4.69, 9.17) is 26.1 Å². The van der Waals surface area contributed by atoms with Crippen LogP contribution >= 0.6 is 22.9 Å². The molecule has 1 aliphatic rings. The van der Waals surface area contributed by atoms with Gasteiger partial charge in [-0.25, -0.2) is 4.99 Å². The summed E-state index contributed by atoms with van der Waals surface area (Å²) in [5.74, 6) is 0.940. The highest BCUT2D eigenvalue weighted by molar-refractivity contribution is 7.16. The van der Waals surface area contributed by atoms with Crippen molar-refractivity contribution in [2.75, 3.05) is 12.4 Å². The largest absolute Gasteiger partial charge is 0.493 e. The number of carbonyl (C=O) groups is 1. The van der Waals surface area contributed by atoms with Gasteiger partial charge in [0, 0.05) is 16.8 Å². The molecule has 0 saturated carbocycles. The van der Waals surface area contributed by atoms with Crippen molar-refractivity contribution in [2.24, 2.45) is 4.99 Å². The predicted molar refractivity (Wildman–Crippen MR) is 136 cm³/mol. The summed E-state index contributed by atoms with van der Waals surface area (Å²) in [7, 11) is 1.58. The maximum Gasteiger partial charge on any atom is 0.259 e. The lowest BCUT2D eigenvalue weighted by Gasteiger charge is -2.15. The van der Waals surface area contributed by atoms with Crippen molar-refractivity contribution in [3.63, 3.8) is 0 Å². The molecule has 1 aromatic heterocycles. The van der Waals surface area contributed by atoms with Gasteiger partial charge < -0.3 is 14.8 Å². The molecular formula is C26H27ClN2O3S. The molecule has 7 heteroatoms. The van der Waals surface area contributed by atoms with E-state index in [-0.39, 0.29) is 12.0 Å². The zero-order chi connectivity index (χ0) is 23.4. The molecule has 0 unspecified atom stereocenters. The van der Waals surface area contributed by atoms with Gasteiger partial charge in [0.1, 0.15) is 5.00 Å². The van der Waals surface area contributed by atoms with Gasteiger partial charge in [0.25, 0.3) is 5.91 Å². The van der Waals surface area contributed by atoms with Crippen molar-refractivity contribution in [1.82, 2.24) is 0 Å². The third-order valence-electron chi connectivity index (χ3n) is 5.35. The second-order valence-electron chi connectivity index (χ2n) is 8.17. The standard InChI is InChI=1S/C26H27ClN2O3S/c1-16(2)32-24-20(27)13-17(14-21(24)31-3)15-28-26-23(19-11-7-8-12-22(19)33-26)25(30)29-18-9-5-4-6-10-18/h4-6,9-10,13-16H,7-8,11-12H2,1-3H3,(H,29,30). The average molecular weight is 483 g/mol. The number of aliphatic imine (C=N–C) groups is 1. The van der Waals surface area contributed by atoms with Crippen LogP contribution in [0.15, 0.2) is 47.5 Å². The van der Waals surface area contributed by atoms with Gasteiger partial charge in [0.05, 0.1) is 23.8 Å². The number of aryl methyl sites for hydroxylation is 1. The van der Waals surface area contributed by atoms with Gasteiger partial charge in [-0.2, -0.15) is 0 Å². The highest BCUT2D eigenvalue weighted by Gasteiger charge is 2.25. The molecule has 0 spiro atoms. The van der Waals surface area contributed by atoms with E-state index < -0.39 is 0 Å². The number of halogens is 1. The van der Waals surface area contributed by atoms with Gasteiger partial charge in [-0.15, -0.1) is 11.3 Å². The highest BCUT2D eigenvalue weighted by Crippen LogP contribution is 2.41. The fourth-order valence-corrected chi connectivity index (χ4v) is 5.38. The van der Waals surface area contributed by atoms with Crippen molar-refractivity contribution in [3.05, 3.63) is 69.1 Å². The van der Waals surface area contributed by atoms with Gasteiger partial charge in [-0.1, -0.05) is 29.8 Å². The SMILES string of the molecule is COc1cc(C=Nc2sc3c(c2C(=O)Nc2ccccc2)CCCC3)cc(Cl)c1OC(C)C. The molecule has 3 aromatic rings. The first-order valence-electron chi connectivity index (χ1n) is 11.1. The Morgan fingerprint density at radius 2 is 1.94 bits per heavy atom. The number of methoxy groups -OCH3 is 1. The number of fused-ring (bicyclic) bond motifs is 1. The van der Waals surface area contributed by atoms with Crippen LogP contribution in [0.25, 0.3) is 0 Å². The number of benzene rings is 2. The summed E-state index contributed by atoms with van der Waals surface area (Å²) in [5.41, 5.74) is 3.34. The minimum atomic E-state index is -0.121. The van der Waals surface area contributed by atoms with Crippen LogP contribution in [0.3, 0.4) is 0 Å². The quantitative estimate of drug-likeness (QED) is 0.366. The molecule has 2 aromatic carbocycles. The third-order valence-corrected chi connectivity index (χ3v) is 6.83. The number of amides is 1. The van der Waals surface area contributed by atoms with Crippen LogP contribution in [0, 0.1) is 0 Å². The van der Waals surface area contributed by atoms with E-state index in [1.807, 2.05) is 50.2 Å². The zero-order valence-corrected chi connectivity index (χ0v) is 20.6. The Bertz CT molecular complexity index is 1170. The minimum absolute atomic E-state index is 0.0287. The number of ether oxygens (including phenoxy) is 2. The average Bonchev–Trinajstić information content (AvgIpc) is 3.18. The van der Waals surface area contributed by atoms with Crippen LogP contribution in [0.2, 0.25) is 5.02 Å². The molecule has 1 N–H and O–H groups in total. The Kier molecular flexibility index (Phi) is 7.36. The smallest absolute Gasteiger partial charge is 0.259 e. The molecule has 5 nitrogen and oxygen atoms in total. The Hall–Kier alpha value is -2.83. The van der Waals surface area contributed by atoms with E-state index in [2.05, 4.69) is 5.32 Å². The highest BCUT2D eigenvalue weighted by atomic mass is 35.5. The molecule has 172 valence electrons. The number of hydrogen-bond acceptors (Lipinski definition) is 5. The van der Waals surface area contributed by atoms with E-state index in [9.17, 15) is 4.79 Å². The second kappa shape index (κ2) is 10.4. The summed E-state index contributed by atoms with van der Waals surface area (Å²) in [4.78, 5) is 19.2. The Labute approximate surface area is 203 Å².